The highest BCUT2D eigenvalue weighted by Crippen LogP contribution is 2.23. The summed E-state index contributed by atoms with van der Waals surface area (Å²) in [6.45, 7) is 1.36. The van der Waals surface area contributed by atoms with Gasteiger partial charge >= 0.3 is 0 Å². The summed E-state index contributed by atoms with van der Waals surface area (Å²) < 4.78 is 57.5. The van der Waals surface area contributed by atoms with Gasteiger partial charge in [0.1, 0.15) is 11.6 Å². The van der Waals surface area contributed by atoms with Gasteiger partial charge in [-0.2, -0.15) is 4.31 Å². The summed E-state index contributed by atoms with van der Waals surface area (Å²) in [5, 5.41) is 9.05. The molecule has 1 saturated heterocycles. The van der Waals surface area contributed by atoms with Crippen LogP contribution in [0.5, 0.6) is 0 Å². The summed E-state index contributed by atoms with van der Waals surface area (Å²) in [5.41, 5.74) is 0. The number of aliphatic hydroxyl groups is 1. The molecule has 1 N–H and O–H groups in total. The van der Waals surface area contributed by atoms with Gasteiger partial charge in [-0.3, -0.25) is 0 Å². The van der Waals surface area contributed by atoms with Crippen molar-refractivity contribution in [2.24, 2.45) is 0 Å². The molecule has 2 unspecified atom stereocenters. The van der Waals surface area contributed by atoms with Crippen molar-refractivity contribution in [3.05, 3.63) is 29.8 Å². The second-order valence-corrected chi connectivity index (χ2v) is 6.56. The highest BCUT2D eigenvalue weighted by Gasteiger charge is 2.35. The molecule has 2 rings (SSSR count). The molecule has 112 valence electrons. The van der Waals surface area contributed by atoms with Gasteiger partial charge in [0, 0.05) is 18.7 Å². The number of aliphatic hydroxyl groups excluding tert-OH is 1. The van der Waals surface area contributed by atoms with E-state index in [1.165, 1.54) is 0 Å². The first kappa shape index (κ1) is 15.3. The van der Waals surface area contributed by atoms with Gasteiger partial charge in [0.15, 0.2) is 0 Å². The number of benzene rings is 1. The second kappa shape index (κ2) is 5.72. The fourth-order valence-corrected chi connectivity index (χ4v) is 3.74. The van der Waals surface area contributed by atoms with E-state index in [0.717, 1.165) is 16.4 Å². The smallest absolute Gasteiger partial charge is 0.243 e. The van der Waals surface area contributed by atoms with Crippen LogP contribution in [0.1, 0.15) is 6.92 Å². The van der Waals surface area contributed by atoms with Gasteiger partial charge in [-0.1, -0.05) is 0 Å². The van der Waals surface area contributed by atoms with Crippen molar-refractivity contribution >= 4 is 10.0 Å². The van der Waals surface area contributed by atoms with Gasteiger partial charge in [0.25, 0.3) is 0 Å². The number of ether oxygens (including phenoxy) is 1. The summed E-state index contributed by atoms with van der Waals surface area (Å²) in [6.07, 6.45) is -0.639. The Morgan fingerprint density at radius 1 is 1.35 bits per heavy atom. The first-order valence-corrected chi connectivity index (χ1v) is 7.49. The van der Waals surface area contributed by atoms with E-state index in [1.54, 1.807) is 6.92 Å². The van der Waals surface area contributed by atoms with Crippen molar-refractivity contribution < 1.29 is 27.0 Å². The maximum atomic E-state index is 13.2. The molecule has 2 atom stereocenters. The van der Waals surface area contributed by atoms with Crippen LogP contribution in [0.3, 0.4) is 0 Å². The van der Waals surface area contributed by atoms with Crippen molar-refractivity contribution in [3.63, 3.8) is 0 Å². The lowest BCUT2D eigenvalue weighted by molar-refractivity contribution is -0.0516. The van der Waals surface area contributed by atoms with Gasteiger partial charge < -0.3 is 9.84 Å². The molecule has 1 aromatic carbocycles. The molecule has 20 heavy (non-hydrogen) atoms. The predicted octanol–water partition coefficient (Wildman–Crippen LogP) is 0.735. The van der Waals surface area contributed by atoms with Gasteiger partial charge in [-0.15, -0.1) is 0 Å². The molecule has 0 amide bonds. The van der Waals surface area contributed by atoms with E-state index in [-0.39, 0.29) is 19.8 Å². The molecule has 0 aliphatic carbocycles. The third-order valence-corrected chi connectivity index (χ3v) is 5.05. The zero-order valence-corrected chi connectivity index (χ0v) is 11.6. The topological polar surface area (TPSA) is 66.8 Å². The monoisotopic (exact) mass is 307 g/mol. The Bertz CT molecular complexity index is 573. The quantitative estimate of drug-likeness (QED) is 0.894. The van der Waals surface area contributed by atoms with E-state index < -0.39 is 38.7 Å². The Hall–Kier alpha value is -1.09. The average molecular weight is 307 g/mol. The summed E-state index contributed by atoms with van der Waals surface area (Å²) in [6, 6.07) is 1.68. The Morgan fingerprint density at radius 2 is 1.95 bits per heavy atom. The van der Waals surface area contributed by atoms with E-state index in [2.05, 4.69) is 0 Å². The Labute approximate surface area is 115 Å². The third-order valence-electron chi connectivity index (χ3n) is 3.09. The minimum Gasteiger partial charge on any atom is -0.394 e. The normalized spacial score (nSPS) is 24.8. The molecule has 0 saturated carbocycles. The molecule has 1 aliphatic rings. The van der Waals surface area contributed by atoms with Gasteiger partial charge in [-0.05, 0) is 19.1 Å². The molecule has 1 fully saturated rings. The summed E-state index contributed by atoms with van der Waals surface area (Å²) in [4.78, 5) is -0.444. The SMILES string of the molecule is CC1COC(CO)CN1S(=O)(=O)c1cc(F)cc(F)c1. The number of sulfonamides is 1. The van der Waals surface area contributed by atoms with Crippen LogP contribution in [0.15, 0.2) is 23.1 Å². The maximum Gasteiger partial charge on any atom is 0.243 e. The predicted molar refractivity (Wildman–Crippen MR) is 66.5 cm³/mol. The van der Waals surface area contributed by atoms with Gasteiger partial charge in [-0.25, -0.2) is 17.2 Å². The van der Waals surface area contributed by atoms with Crippen LogP contribution in [0.4, 0.5) is 8.78 Å². The highest BCUT2D eigenvalue weighted by atomic mass is 32.2. The van der Waals surface area contributed by atoms with E-state index in [9.17, 15) is 17.2 Å². The van der Waals surface area contributed by atoms with Crippen molar-refractivity contribution in [2.45, 2.75) is 24.0 Å². The fourth-order valence-electron chi connectivity index (χ4n) is 2.05. The average Bonchev–Trinajstić information content (AvgIpc) is 2.38. The lowest BCUT2D eigenvalue weighted by Crippen LogP contribution is -2.51. The molecular weight excluding hydrogens is 292 g/mol. The molecule has 1 aliphatic heterocycles. The van der Waals surface area contributed by atoms with Gasteiger partial charge in [0.05, 0.1) is 24.2 Å². The van der Waals surface area contributed by atoms with E-state index in [1.807, 2.05) is 0 Å². The number of nitrogens with zero attached hydrogens (tertiary/aromatic N) is 1. The number of halogens is 2. The number of morpholine rings is 1. The first-order valence-electron chi connectivity index (χ1n) is 6.05. The maximum absolute atomic E-state index is 13.2. The largest absolute Gasteiger partial charge is 0.394 e. The van der Waals surface area contributed by atoms with Crippen LogP contribution in [0.2, 0.25) is 0 Å². The molecule has 5 nitrogen and oxygen atoms in total. The molecule has 0 bridgehead atoms. The van der Waals surface area contributed by atoms with Crippen LogP contribution in [0.25, 0.3) is 0 Å². The molecular formula is C12H15F2NO4S. The van der Waals surface area contributed by atoms with Crippen molar-refractivity contribution in [1.29, 1.82) is 0 Å². The number of hydrogen-bond acceptors (Lipinski definition) is 4. The molecule has 1 aromatic rings. The molecule has 8 heteroatoms. The summed E-state index contributed by atoms with van der Waals surface area (Å²) in [7, 11) is -4.04. The third kappa shape index (κ3) is 2.98. The van der Waals surface area contributed by atoms with Crippen molar-refractivity contribution in [1.82, 2.24) is 4.31 Å². The Kier molecular flexibility index (Phi) is 4.38. The summed E-state index contributed by atoms with van der Waals surface area (Å²) >= 11 is 0. The van der Waals surface area contributed by atoms with Crippen LogP contribution >= 0.6 is 0 Å². The lowest BCUT2D eigenvalue weighted by atomic mass is 10.2. The fraction of sp³-hybridized carbons (Fsp3) is 0.500. The molecule has 1 heterocycles. The Morgan fingerprint density at radius 3 is 2.50 bits per heavy atom. The standard InChI is InChI=1S/C12H15F2NO4S/c1-8-7-19-11(6-16)5-15(8)20(17,18)12-3-9(13)2-10(14)4-12/h2-4,8,11,16H,5-7H2,1H3. The van der Waals surface area contributed by atoms with E-state index in [0.29, 0.717) is 6.07 Å². The number of hydrogen-bond donors (Lipinski definition) is 1. The second-order valence-electron chi connectivity index (χ2n) is 4.67. The highest BCUT2D eigenvalue weighted by molar-refractivity contribution is 7.89. The van der Waals surface area contributed by atoms with Crippen LogP contribution in [-0.4, -0.2) is 49.7 Å². The minimum absolute atomic E-state index is 0.0574. The van der Waals surface area contributed by atoms with Crippen molar-refractivity contribution in [2.75, 3.05) is 19.8 Å². The van der Waals surface area contributed by atoms with E-state index >= 15 is 0 Å². The van der Waals surface area contributed by atoms with Gasteiger partial charge in [0.2, 0.25) is 10.0 Å². The zero-order valence-electron chi connectivity index (χ0n) is 10.8. The van der Waals surface area contributed by atoms with Crippen molar-refractivity contribution in [3.8, 4) is 0 Å². The van der Waals surface area contributed by atoms with Crippen LogP contribution < -0.4 is 0 Å². The molecule has 0 aromatic heterocycles. The lowest BCUT2D eigenvalue weighted by Gasteiger charge is -2.36. The van der Waals surface area contributed by atoms with Crippen LogP contribution in [0, 0.1) is 11.6 Å². The minimum atomic E-state index is -4.04. The van der Waals surface area contributed by atoms with Crippen LogP contribution in [-0.2, 0) is 14.8 Å². The van der Waals surface area contributed by atoms with E-state index in [4.69, 9.17) is 9.84 Å². The molecule has 0 spiro atoms. The Balaban J connectivity index is 2.37. The molecule has 0 radical (unpaired) electrons. The zero-order chi connectivity index (χ0) is 14.9. The summed E-state index contributed by atoms with van der Waals surface area (Å²) in [5.74, 6) is -1.91. The first-order chi connectivity index (χ1) is 9.34. The number of rotatable bonds is 3.